The largest absolute Gasteiger partial charge is 0.491 e. The number of rotatable bonds is 7. The minimum atomic E-state index is -3.52. The van der Waals surface area contributed by atoms with Crippen LogP contribution in [0, 0.1) is 17.1 Å². The number of ether oxygens (including phenoxy) is 2. The molecule has 0 atom stereocenters. The third-order valence-corrected chi connectivity index (χ3v) is 2.81. The molecule has 1 aromatic rings. The van der Waals surface area contributed by atoms with E-state index in [9.17, 15) is 12.8 Å². The first-order chi connectivity index (χ1) is 8.92. The highest BCUT2D eigenvalue weighted by Crippen LogP contribution is 2.15. The summed E-state index contributed by atoms with van der Waals surface area (Å²) >= 11 is 0. The van der Waals surface area contributed by atoms with E-state index in [2.05, 4.69) is 0 Å². The normalized spacial score (nSPS) is 11.0. The molecule has 1 rings (SSSR count). The maximum Gasteiger partial charge on any atom is 0.211 e. The van der Waals surface area contributed by atoms with Crippen LogP contribution in [-0.2, 0) is 14.8 Å². The van der Waals surface area contributed by atoms with Crippen molar-refractivity contribution in [1.29, 1.82) is 5.26 Å². The van der Waals surface area contributed by atoms with E-state index in [0.29, 0.717) is 0 Å². The Bertz CT molecular complexity index is 569. The van der Waals surface area contributed by atoms with E-state index in [4.69, 9.17) is 19.9 Å². The standard InChI is InChI=1S/C11H13FN2O4S/c12-11-7-10(2-1-9(11)8-13)18-4-3-17-5-6-19(14,15)16/h1-2,7H,3-6H2,(H2,14,15,16). The van der Waals surface area contributed by atoms with Gasteiger partial charge in [0.15, 0.2) is 0 Å². The molecule has 0 saturated carbocycles. The van der Waals surface area contributed by atoms with Crippen LogP contribution in [0.4, 0.5) is 4.39 Å². The van der Waals surface area contributed by atoms with E-state index in [1.807, 2.05) is 0 Å². The lowest BCUT2D eigenvalue weighted by molar-refractivity contribution is 0.111. The van der Waals surface area contributed by atoms with E-state index in [-0.39, 0.29) is 36.9 Å². The summed E-state index contributed by atoms with van der Waals surface area (Å²) in [5, 5.41) is 13.3. The lowest BCUT2D eigenvalue weighted by atomic mass is 10.2. The summed E-state index contributed by atoms with van der Waals surface area (Å²) in [5.74, 6) is -0.653. The Morgan fingerprint density at radius 1 is 1.32 bits per heavy atom. The molecule has 0 radical (unpaired) electrons. The summed E-state index contributed by atoms with van der Waals surface area (Å²) < 4.78 is 44.5. The van der Waals surface area contributed by atoms with Crippen molar-refractivity contribution in [3.63, 3.8) is 0 Å². The molecule has 0 fully saturated rings. The van der Waals surface area contributed by atoms with Crippen LogP contribution >= 0.6 is 0 Å². The van der Waals surface area contributed by atoms with Gasteiger partial charge in [0.1, 0.15) is 24.2 Å². The Morgan fingerprint density at radius 2 is 2.05 bits per heavy atom. The molecule has 0 aliphatic rings. The average Bonchev–Trinajstić information content (AvgIpc) is 2.32. The summed E-state index contributed by atoms with van der Waals surface area (Å²) in [4.78, 5) is 0. The Hall–Kier alpha value is -1.69. The minimum Gasteiger partial charge on any atom is -0.491 e. The van der Waals surface area contributed by atoms with Gasteiger partial charge in [0.25, 0.3) is 0 Å². The van der Waals surface area contributed by atoms with Gasteiger partial charge in [0.05, 0.1) is 24.5 Å². The third kappa shape index (κ3) is 6.15. The number of sulfonamides is 1. The molecule has 0 unspecified atom stereocenters. The molecule has 0 aliphatic carbocycles. The van der Waals surface area contributed by atoms with Crippen molar-refractivity contribution < 1.29 is 22.3 Å². The Balaban J connectivity index is 2.27. The second-order valence-electron chi connectivity index (χ2n) is 3.58. The van der Waals surface area contributed by atoms with Gasteiger partial charge in [0, 0.05) is 6.07 Å². The number of benzene rings is 1. The lowest BCUT2D eigenvalue weighted by Gasteiger charge is -2.07. The number of primary sulfonamides is 1. The first-order valence-electron chi connectivity index (χ1n) is 5.33. The van der Waals surface area contributed by atoms with Gasteiger partial charge in [-0.2, -0.15) is 5.26 Å². The summed E-state index contributed by atoms with van der Waals surface area (Å²) in [5.41, 5.74) is -0.0586. The quantitative estimate of drug-likeness (QED) is 0.731. The number of nitrogens with zero attached hydrogens (tertiary/aromatic N) is 1. The van der Waals surface area contributed by atoms with Crippen molar-refractivity contribution in [3.05, 3.63) is 29.6 Å². The van der Waals surface area contributed by atoms with Gasteiger partial charge in [-0.1, -0.05) is 0 Å². The van der Waals surface area contributed by atoms with E-state index in [0.717, 1.165) is 6.07 Å². The highest BCUT2D eigenvalue weighted by molar-refractivity contribution is 7.89. The molecule has 0 heterocycles. The van der Waals surface area contributed by atoms with Gasteiger partial charge >= 0.3 is 0 Å². The van der Waals surface area contributed by atoms with Crippen LogP contribution in [0.25, 0.3) is 0 Å². The van der Waals surface area contributed by atoms with Crippen LogP contribution in [0.2, 0.25) is 0 Å². The number of halogens is 1. The second kappa shape index (κ2) is 7.04. The number of hydrogen-bond donors (Lipinski definition) is 1. The summed E-state index contributed by atoms with van der Waals surface area (Å²) in [6.45, 7) is 0.261. The molecule has 104 valence electrons. The number of nitriles is 1. The zero-order valence-corrected chi connectivity index (χ0v) is 10.8. The van der Waals surface area contributed by atoms with Crippen LogP contribution in [-0.4, -0.2) is 34.0 Å². The maximum atomic E-state index is 13.2. The van der Waals surface area contributed by atoms with E-state index >= 15 is 0 Å². The molecule has 0 aliphatic heterocycles. The van der Waals surface area contributed by atoms with Gasteiger partial charge in [-0.25, -0.2) is 17.9 Å². The zero-order chi connectivity index (χ0) is 14.3. The summed E-state index contributed by atoms with van der Waals surface area (Å²) in [6.07, 6.45) is 0. The van der Waals surface area contributed by atoms with E-state index in [1.54, 1.807) is 6.07 Å². The van der Waals surface area contributed by atoms with Crippen molar-refractivity contribution in [2.75, 3.05) is 25.6 Å². The SMILES string of the molecule is N#Cc1ccc(OCCOCCS(N)(=O)=O)cc1F. The van der Waals surface area contributed by atoms with E-state index < -0.39 is 15.8 Å². The molecular formula is C11H13FN2O4S. The van der Waals surface area contributed by atoms with Crippen LogP contribution in [0.15, 0.2) is 18.2 Å². The Morgan fingerprint density at radius 3 is 2.63 bits per heavy atom. The molecule has 8 heteroatoms. The van der Waals surface area contributed by atoms with Gasteiger partial charge in [0.2, 0.25) is 10.0 Å². The van der Waals surface area contributed by atoms with Gasteiger partial charge < -0.3 is 9.47 Å². The fourth-order valence-corrected chi connectivity index (χ4v) is 1.52. The molecule has 19 heavy (non-hydrogen) atoms. The van der Waals surface area contributed by atoms with Crippen LogP contribution in [0.1, 0.15) is 5.56 Å². The monoisotopic (exact) mass is 288 g/mol. The first-order valence-corrected chi connectivity index (χ1v) is 7.04. The molecule has 0 saturated heterocycles. The molecule has 0 bridgehead atoms. The summed E-state index contributed by atoms with van der Waals surface area (Å²) in [7, 11) is -3.52. The Labute approximate surface area is 110 Å². The summed E-state index contributed by atoms with van der Waals surface area (Å²) in [6, 6.07) is 5.57. The molecule has 0 amide bonds. The van der Waals surface area contributed by atoms with Gasteiger partial charge in [-0.05, 0) is 12.1 Å². The minimum absolute atomic E-state index is 0.0239. The van der Waals surface area contributed by atoms with Crippen molar-refractivity contribution in [1.82, 2.24) is 0 Å². The van der Waals surface area contributed by atoms with E-state index in [1.165, 1.54) is 12.1 Å². The third-order valence-electron chi connectivity index (χ3n) is 2.07. The molecule has 6 nitrogen and oxygen atoms in total. The number of nitrogens with two attached hydrogens (primary N) is 1. The predicted octanol–water partition coefficient (Wildman–Crippen LogP) is 0.381. The van der Waals surface area contributed by atoms with Gasteiger partial charge in [-0.3, -0.25) is 0 Å². The maximum absolute atomic E-state index is 13.2. The highest BCUT2D eigenvalue weighted by Gasteiger charge is 2.04. The fourth-order valence-electron chi connectivity index (χ4n) is 1.17. The molecule has 2 N–H and O–H groups in total. The Kier molecular flexibility index (Phi) is 5.69. The van der Waals surface area contributed by atoms with Crippen LogP contribution in [0.3, 0.4) is 0 Å². The topological polar surface area (TPSA) is 102 Å². The van der Waals surface area contributed by atoms with Crippen molar-refractivity contribution >= 4 is 10.0 Å². The van der Waals surface area contributed by atoms with Crippen molar-refractivity contribution in [2.45, 2.75) is 0 Å². The second-order valence-corrected chi connectivity index (χ2v) is 5.32. The van der Waals surface area contributed by atoms with Crippen LogP contribution < -0.4 is 9.88 Å². The zero-order valence-electron chi connectivity index (χ0n) is 10.0. The fraction of sp³-hybridized carbons (Fsp3) is 0.364. The average molecular weight is 288 g/mol. The number of hydrogen-bond acceptors (Lipinski definition) is 5. The first kappa shape index (κ1) is 15.4. The molecular weight excluding hydrogens is 275 g/mol. The smallest absolute Gasteiger partial charge is 0.211 e. The molecule has 1 aromatic carbocycles. The van der Waals surface area contributed by atoms with Crippen molar-refractivity contribution in [2.24, 2.45) is 5.14 Å². The van der Waals surface area contributed by atoms with Gasteiger partial charge in [-0.15, -0.1) is 0 Å². The van der Waals surface area contributed by atoms with Crippen molar-refractivity contribution in [3.8, 4) is 11.8 Å². The van der Waals surface area contributed by atoms with Crippen LogP contribution in [0.5, 0.6) is 5.75 Å². The molecule has 0 aromatic heterocycles. The highest BCUT2D eigenvalue weighted by atomic mass is 32.2. The lowest BCUT2D eigenvalue weighted by Crippen LogP contribution is -2.21. The molecule has 0 spiro atoms. The predicted molar refractivity (Wildman–Crippen MR) is 65.4 cm³/mol.